The van der Waals surface area contributed by atoms with Crippen LogP contribution in [0.2, 0.25) is 0 Å². The average Bonchev–Trinajstić information content (AvgIpc) is 2.43. The van der Waals surface area contributed by atoms with E-state index in [1.54, 1.807) is 13.8 Å². The zero-order valence-corrected chi connectivity index (χ0v) is 13.3. The van der Waals surface area contributed by atoms with Crippen LogP contribution in [0.25, 0.3) is 0 Å². The van der Waals surface area contributed by atoms with Crippen LogP contribution in [0.1, 0.15) is 37.6 Å². The lowest BCUT2D eigenvalue weighted by Crippen LogP contribution is -2.37. The van der Waals surface area contributed by atoms with E-state index >= 15 is 0 Å². The molecule has 1 amide bonds. The minimum Gasteiger partial charge on any atom is -0.394 e. The van der Waals surface area contributed by atoms with Crippen molar-refractivity contribution >= 4 is 15.9 Å². The first-order valence-electron chi connectivity index (χ1n) is 6.84. The molecule has 0 bridgehead atoms. The molecule has 0 aliphatic carbocycles. The third-order valence-corrected chi connectivity index (χ3v) is 4.54. The predicted octanol–water partition coefficient (Wildman–Crippen LogP) is 0.874. The largest absolute Gasteiger partial charge is 0.394 e. The standard InChI is InChI=1S/C14H22N2O4S/c1-4-12(9-17)15-14(18)11-5-7-13(8-6-11)21(19,20)16-10(2)3/h5-8,10,12,16-17H,4,9H2,1-3H3,(H,15,18). The predicted molar refractivity (Wildman–Crippen MR) is 80.5 cm³/mol. The number of rotatable bonds is 7. The molecular weight excluding hydrogens is 292 g/mol. The van der Waals surface area contributed by atoms with E-state index in [2.05, 4.69) is 10.0 Å². The van der Waals surface area contributed by atoms with E-state index in [4.69, 9.17) is 5.11 Å². The van der Waals surface area contributed by atoms with Gasteiger partial charge < -0.3 is 10.4 Å². The molecule has 1 unspecified atom stereocenters. The smallest absolute Gasteiger partial charge is 0.251 e. The van der Waals surface area contributed by atoms with Crippen molar-refractivity contribution in [3.05, 3.63) is 29.8 Å². The number of hydrogen-bond donors (Lipinski definition) is 3. The Morgan fingerprint density at radius 1 is 1.24 bits per heavy atom. The summed E-state index contributed by atoms with van der Waals surface area (Å²) in [6, 6.07) is 5.18. The van der Waals surface area contributed by atoms with Gasteiger partial charge in [-0.15, -0.1) is 0 Å². The molecule has 0 saturated carbocycles. The molecule has 118 valence electrons. The highest BCUT2D eigenvalue weighted by atomic mass is 32.2. The molecule has 0 spiro atoms. The van der Waals surface area contributed by atoms with Crippen molar-refractivity contribution in [3.63, 3.8) is 0 Å². The summed E-state index contributed by atoms with van der Waals surface area (Å²) in [6.45, 7) is 5.19. The Labute approximate surface area is 125 Å². The van der Waals surface area contributed by atoms with Gasteiger partial charge in [0.15, 0.2) is 0 Å². The van der Waals surface area contributed by atoms with Gasteiger partial charge in [0.05, 0.1) is 17.5 Å². The summed E-state index contributed by atoms with van der Waals surface area (Å²) in [7, 11) is -3.56. The molecule has 0 heterocycles. The van der Waals surface area contributed by atoms with Crippen LogP contribution >= 0.6 is 0 Å². The summed E-state index contributed by atoms with van der Waals surface area (Å²) in [6.07, 6.45) is 0.618. The van der Waals surface area contributed by atoms with Crippen molar-refractivity contribution in [1.82, 2.24) is 10.0 Å². The molecule has 7 heteroatoms. The van der Waals surface area contributed by atoms with E-state index in [9.17, 15) is 13.2 Å². The van der Waals surface area contributed by atoms with E-state index in [0.29, 0.717) is 12.0 Å². The fourth-order valence-electron chi connectivity index (χ4n) is 1.71. The highest BCUT2D eigenvalue weighted by Crippen LogP contribution is 2.11. The quantitative estimate of drug-likeness (QED) is 0.696. The van der Waals surface area contributed by atoms with Gasteiger partial charge in [-0.25, -0.2) is 13.1 Å². The molecule has 1 rings (SSSR count). The second-order valence-electron chi connectivity index (χ2n) is 5.06. The molecule has 1 atom stereocenters. The number of hydrogen-bond acceptors (Lipinski definition) is 4. The van der Waals surface area contributed by atoms with Crippen molar-refractivity contribution in [2.24, 2.45) is 0 Å². The second kappa shape index (κ2) is 7.53. The van der Waals surface area contributed by atoms with Gasteiger partial charge in [-0.3, -0.25) is 4.79 Å². The summed E-state index contributed by atoms with van der Waals surface area (Å²) in [5.74, 6) is -0.336. The Hall–Kier alpha value is -1.44. The highest BCUT2D eigenvalue weighted by Gasteiger charge is 2.16. The van der Waals surface area contributed by atoms with Gasteiger partial charge in [-0.1, -0.05) is 6.92 Å². The first kappa shape index (κ1) is 17.6. The molecule has 3 N–H and O–H groups in total. The van der Waals surface area contributed by atoms with Gasteiger partial charge in [0.25, 0.3) is 5.91 Å². The zero-order valence-electron chi connectivity index (χ0n) is 12.5. The number of aliphatic hydroxyl groups excluding tert-OH is 1. The summed E-state index contributed by atoms with van der Waals surface area (Å²) in [4.78, 5) is 12.0. The van der Waals surface area contributed by atoms with E-state index in [0.717, 1.165) is 0 Å². The monoisotopic (exact) mass is 314 g/mol. The molecular formula is C14H22N2O4S. The van der Waals surface area contributed by atoms with E-state index in [1.807, 2.05) is 6.92 Å². The number of aliphatic hydroxyl groups is 1. The molecule has 1 aromatic rings. The molecule has 21 heavy (non-hydrogen) atoms. The maximum Gasteiger partial charge on any atom is 0.251 e. The Bertz CT molecular complexity index is 563. The molecule has 0 fully saturated rings. The maximum absolute atomic E-state index is 11.9. The van der Waals surface area contributed by atoms with Gasteiger partial charge >= 0.3 is 0 Å². The number of amides is 1. The molecule has 0 radical (unpaired) electrons. The summed E-state index contributed by atoms with van der Waals surface area (Å²) in [5, 5.41) is 11.7. The molecule has 0 aromatic heterocycles. The van der Waals surface area contributed by atoms with Crippen LogP contribution in [0.3, 0.4) is 0 Å². The van der Waals surface area contributed by atoms with E-state index < -0.39 is 10.0 Å². The number of sulfonamides is 1. The van der Waals surface area contributed by atoms with Crippen LogP contribution in [0.4, 0.5) is 0 Å². The normalized spacial score (nSPS) is 13.2. The third-order valence-electron chi connectivity index (χ3n) is 2.87. The number of carbonyl (C=O) groups excluding carboxylic acids is 1. The van der Waals surface area contributed by atoms with Crippen molar-refractivity contribution in [2.75, 3.05) is 6.61 Å². The number of carbonyl (C=O) groups is 1. The Morgan fingerprint density at radius 3 is 2.24 bits per heavy atom. The molecule has 0 saturated heterocycles. The zero-order chi connectivity index (χ0) is 16.0. The Balaban J connectivity index is 2.85. The molecule has 1 aromatic carbocycles. The Kier molecular flexibility index (Phi) is 6.32. The third kappa shape index (κ3) is 5.11. The second-order valence-corrected chi connectivity index (χ2v) is 6.78. The van der Waals surface area contributed by atoms with Gasteiger partial charge in [0.1, 0.15) is 0 Å². The van der Waals surface area contributed by atoms with Crippen LogP contribution in [-0.2, 0) is 10.0 Å². The lowest BCUT2D eigenvalue weighted by Gasteiger charge is -2.14. The van der Waals surface area contributed by atoms with Crippen LogP contribution < -0.4 is 10.0 Å². The number of benzene rings is 1. The van der Waals surface area contributed by atoms with Crippen molar-refractivity contribution in [2.45, 2.75) is 44.2 Å². The SMILES string of the molecule is CCC(CO)NC(=O)c1ccc(S(=O)(=O)NC(C)C)cc1. The van der Waals surface area contributed by atoms with Crippen molar-refractivity contribution in [1.29, 1.82) is 0 Å². The van der Waals surface area contributed by atoms with E-state index in [1.165, 1.54) is 24.3 Å². The van der Waals surface area contributed by atoms with Crippen molar-refractivity contribution in [3.8, 4) is 0 Å². The van der Waals surface area contributed by atoms with Crippen LogP contribution in [0.5, 0.6) is 0 Å². The Morgan fingerprint density at radius 2 is 1.81 bits per heavy atom. The molecule has 6 nitrogen and oxygen atoms in total. The average molecular weight is 314 g/mol. The highest BCUT2D eigenvalue weighted by molar-refractivity contribution is 7.89. The minimum absolute atomic E-state index is 0.113. The van der Waals surface area contributed by atoms with Gasteiger partial charge in [0.2, 0.25) is 10.0 Å². The van der Waals surface area contributed by atoms with Crippen LogP contribution in [-0.4, -0.2) is 38.1 Å². The first-order chi connectivity index (χ1) is 9.80. The van der Waals surface area contributed by atoms with Crippen LogP contribution in [0, 0.1) is 0 Å². The molecule has 0 aliphatic rings. The minimum atomic E-state index is -3.56. The van der Waals surface area contributed by atoms with Gasteiger partial charge in [-0.05, 0) is 44.5 Å². The van der Waals surface area contributed by atoms with Gasteiger partial charge in [0, 0.05) is 11.6 Å². The van der Waals surface area contributed by atoms with Crippen molar-refractivity contribution < 1.29 is 18.3 Å². The fraction of sp³-hybridized carbons (Fsp3) is 0.500. The molecule has 0 aliphatic heterocycles. The van der Waals surface area contributed by atoms with E-state index in [-0.39, 0.29) is 29.5 Å². The maximum atomic E-state index is 11.9. The first-order valence-corrected chi connectivity index (χ1v) is 8.32. The topological polar surface area (TPSA) is 95.5 Å². The lowest BCUT2D eigenvalue weighted by molar-refractivity contribution is 0.0915. The van der Waals surface area contributed by atoms with Crippen LogP contribution in [0.15, 0.2) is 29.2 Å². The fourth-order valence-corrected chi connectivity index (χ4v) is 2.96. The number of nitrogens with one attached hydrogen (secondary N) is 2. The summed E-state index contributed by atoms with van der Waals surface area (Å²) >= 11 is 0. The van der Waals surface area contributed by atoms with Gasteiger partial charge in [-0.2, -0.15) is 0 Å². The summed E-state index contributed by atoms with van der Waals surface area (Å²) in [5.41, 5.74) is 0.352. The lowest BCUT2D eigenvalue weighted by atomic mass is 10.2. The summed E-state index contributed by atoms with van der Waals surface area (Å²) < 4.78 is 26.4.